The molecule has 0 aliphatic carbocycles. The van der Waals surface area contributed by atoms with Crippen LogP contribution in [0.3, 0.4) is 0 Å². The van der Waals surface area contributed by atoms with Gasteiger partial charge in [-0.2, -0.15) is 0 Å². The Balaban J connectivity index is 1.72. The van der Waals surface area contributed by atoms with Gasteiger partial charge >= 0.3 is 0 Å². The van der Waals surface area contributed by atoms with Crippen LogP contribution < -0.4 is 4.74 Å². The third kappa shape index (κ3) is 3.78. The van der Waals surface area contributed by atoms with Crippen molar-refractivity contribution in [2.24, 2.45) is 0 Å². The number of carbonyl (C=O) groups is 1. The summed E-state index contributed by atoms with van der Waals surface area (Å²) in [5.74, 6) is 0.490. The van der Waals surface area contributed by atoms with Crippen molar-refractivity contribution in [1.82, 2.24) is 4.90 Å². The summed E-state index contributed by atoms with van der Waals surface area (Å²) >= 11 is 3.40. The summed E-state index contributed by atoms with van der Waals surface area (Å²) < 4.78 is 31.4. The van der Waals surface area contributed by atoms with Crippen LogP contribution in [0.25, 0.3) is 0 Å². The van der Waals surface area contributed by atoms with Crippen LogP contribution in [-0.2, 0) is 9.84 Å². The molecule has 0 unspecified atom stereocenters. The van der Waals surface area contributed by atoms with Gasteiger partial charge in [-0.15, -0.1) is 0 Å². The van der Waals surface area contributed by atoms with Crippen LogP contribution in [-0.4, -0.2) is 44.7 Å². The van der Waals surface area contributed by atoms with E-state index in [9.17, 15) is 13.2 Å². The Morgan fingerprint density at radius 1 is 1.12 bits per heavy atom. The zero-order valence-corrected chi connectivity index (χ0v) is 16.8. The molecule has 0 N–H and O–H groups in total. The molecule has 1 fully saturated rings. The van der Waals surface area contributed by atoms with E-state index >= 15 is 0 Å². The average Bonchev–Trinajstić information content (AvgIpc) is 2.68. The first-order valence-electron chi connectivity index (χ1n) is 8.35. The van der Waals surface area contributed by atoms with Crippen LogP contribution in [0.4, 0.5) is 0 Å². The number of hydrogen-bond acceptors (Lipinski definition) is 4. The lowest BCUT2D eigenvalue weighted by molar-refractivity contribution is 0.0724. The highest BCUT2D eigenvalue weighted by atomic mass is 79.9. The molecule has 0 spiro atoms. The molecule has 2 aromatic carbocycles. The van der Waals surface area contributed by atoms with Crippen molar-refractivity contribution in [3.8, 4) is 5.75 Å². The number of ether oxygens (including phenoxy) is 1. The Bertz CT molecular complexity index is 891. The van der Waals surface area contributed by atoms with Crippen molar-refractivity contribution in [3.63, 3.8) is 0 Å². The van der Waals surface area contributed by atoms with Gasteiger partial charge in [0.2, 0.25) is 0 Å². The van der Waals surface area contributed by atoms with Crippen molar-refractivity contribution in [2.75, 3.05) is 20.2 Å². The monoisotopic (exact) mass is 437 g/mol. The summed E-state index contributed by atoms with van der Waals surface area (Å²) in [6.07, 6.45) is 0.870. The Morgan fingerprint density at radius 3 is 2.38 bits per heavy atom. The van der Waals surface area contributed by atoms with Gasteiger partial charge in [-0.25, -0.2) is 8.42 Å². The fraction of sp³-hybridized carbons (Fsp3) is 0.316. The number of likely N-dealkylation sites (tertiary alicyclic amines) is 1. The van der Waals surface area contributed by atoms with E-state index in [1.807, 2.05) is 0 Å². The van der Waals surface area contributed by atoms with E-state index in [0.29, 0.717) is 46.6 Å². The first-order chi connectivity index (χ1) is 12.4. The van der Waals surface area contributed by atoms with E-state index in [1.165, 1.54) is 0 Å². The molecule has 1 saturated heterocycles. The third-order valence-corrected chi connectivity index (χ3v) is 7.61. The summed E-state index contributed by atoms with van der Waals surface area (Å²) in [5.41, 5.74) is 0.522. The highest BCUT2D eigenvalue weighted by molar-refractivity contribution is 9.10. The van der Waals surface area contributed by atoms with Crippen molar-refractivity contribution in [1.29, 1.82) is 0 Å². The summed E-state index contributed by atoms with van der Waals surface area (Å²) in [7, 11) is -1.81. The predicted molar refractivity (Wildman–Crippen MR) is 103 cm³/mol. The standard InChI is InChI=1S/C19H20BrNO4S/c1-25-14-7-8-18(20)17(13-14)19(22)21-11-9-16(10-12-21)26(23,24)15-5-3-2-4-6-15/h2-8,13,16H,9-12H2,1H3. The van der Waals surface area contributed by atoms with E-state index in [4.69, 9.17) is 4.74 Å². The van der Waals surface area contributed by atoms with Crippen LogP contribution >= 0.6 is 15.9 Å². The van der Waals surface area contributed by atoms with Crippen LogP contribution in [0.15, 0.2) is 57.9 Å². The molecule has 26 heavy (non-hydrogen) atoms. The highest BCUT2D eigenvalue weighted by Crippen LogP contribution is 2.28. The molecular weight excluding hydrogens is 418 g/mol. The van der Waals surface area contributed by atoms with Crippen molar-refractivity contribution in [2.45, 2.75) is 23.0 Å². The van der Waals surface area contributed by atoms with Crippen molar-refractivity contribution < 1.29 is 17.9 Å². The molecular formula is C19H20BrNO4S. The van der Waals surface area contributed by atoms with Gasteiger partial charge in [-0.3, -0.25) is 4.79 Å². The topological polar surface area (TPSA) is 63.7 Å². The molecule has 0 bridgehead atoms. The molecule has 1 aliphatic rings. The molecule has 7 heteroatoms. The van der Waals surface area contributed by atoms with Gasteiger partial charge in [0, 0.05) is 17.6 Å². The number of nitrogens with zero attached hydrogens (tertiary/aromatic N) is 1. The van der Waals surface area contributed by atoms with Crippen molar-refractivity contribution >= 4 is 31.7 Å². The normalized spacial score (nSPS) is 15.7. The van der Waals surface area contributed by atoms with Gasteiger partial charge in [-0.1, -0.05) is 18.2 Å². The lowest BCUT2D eigenvalue weighted by Gasteiger charge is -2.32. The molecule has 1 aliphatic heterocycles. The lowest BCUT2D eigenvalue weighted by atomic mass is 10.1. The molecule has 0 radical (unpaired) electrons. The fourth-order valence-corrected chi connectivity index (χ4v) is 5.31. The van der Waals surface area contributed by atoms with Crippen LogP contribution in [0, 0.1) is 0 Å². The molecule has 0 aromatic heterocycles. The highest BCUT2D eigenvalue weighted by Gasteiger charge is 2.33. The molecule has 138 valence electrons. The average molecular weight is 438 g/mol. The van der Waals surface area contributed by atoms with Crippen molar-refractivity contribution in [3.05, 3.63) is 58.6 Å². The zero-order chi connectivity index (χ0) is 18.7. The maximum atomic E-state index is 12.8. The van der Waals surface area contributed by atoms with Crippen LogP contribution in [0.2, 0.25) is 0 Å². The molecule has 2 aromatic rings. The molecule has 5 nitrogen and oxygen atoms in total. The van der Waals surface area contributed by atoms with Crippen LogP contribution in [0.1, 0.15) is 23.2 Å². The van der Waals surface area contributed by atoms with E-state index in [2.05, 4.69) is 15.9 Å². The summed E-state index contributed by atoms with van der Waals surface area (Å²) in [6, 6.07) is 13.8. The van der Waals surface area contributed by atoms with Gasteiger partial charge in [-0.05, 0) is 59.1 Å². The largest absolute Gasteiger partial charge is 0.497 e. The smallest absolute Gasteiger partial charge is 0.255 e. The SMILES string of the molecule is COc1ccc(Br)c(C(=O)N2CCC(S(=O)(=O)c3ccccc3)CC2)c1. The van der Waals surface area contributed by atoms with Gasteiger partial charge < -0.3 is 9.64 Å². The van der Waals surface area contributed by atoms with Gasteiger partial charge in [0.05, 0.1) is 22.8 Å². The minimum absolute atomic E-state index is 0.119. The molecule has 1 amide bonds. The molecule has 1 heterocycles. The number of sulfone groups is 1. The van der Waals surface area contributed by atoms with E-state index in [0.717, 1.165) is 0 Å². The Morgan fingerprint density at radius 2 is 1.77 bits per heavy atom. The number of piperidine rings is 1. The minimum Gasteiger partial charge on any atom is -0.497 e. The van der Waals surface area contributed by atoms with Gasteiger partial charge in [0.25, 0.3) is 5.91 Å². The quantitative estimate of drug-likeness (QED) is 0.733. The second kappa shape index (κ2) is 7.80. The second-order valence-electron chi connectivity index (χ2n) is 6.20. The second-order valence-corrected chi connectivity index (χ2v) is 9.28. The van der Waals surface area contributed by atoms with Crippen LogP contribution in [0.5, 0.6) is 5.75 Å². The number of carbonyl (C=O) groups excluding carboxylic acids is 1. The van der Waals surface area contributed by atoms with E-state index < -0.39 is 15.1 Å². The Hall–Kier alpha value is -1.86. The number of benzene rings is 2. The van der Waals surface area contributed by atoms with Gasteiger partial charge in [0.1, 0.15) is 5.75 Å². The number of amides is 1. The Kier molecular flexibility index (Phi) is 5.67. The maximum absolute atomic E-state index is 12.8. The number of halogens is 1. The first-order valence-corrected chi connectivity index (χ1v) is 10.7. The molecule has 0 saturated carbocycles. The first kappa shape index (κ1) is 18.9. The Labute approximate surface area is 162 Å². The summed E-state index contributed by atoms with van der Waals surface area (Å²) in [4.78, 5) is 14.9. The maximum Gasteiger partial charge on any atom is 0.255 e. The van der Waals surface area contributed by atoms with E-state index in [1.54, 1.807) is 60.5 Å². The minimum atomic E-state index is -3.36. The summed E-state index contributed by atoms with van der Waals surface area (Å²) in [6.45, 7) is 0.832. The number of hydrogen-bond donors (Lipinski definition) is 0. The van der Waals surface area contributed by atoms with E-state index in [-0.39, 0.29) is 5.91 Å². The third-order valence-electron chi connectivity index (χ3n) is 4.64. The molecule has 3 rings (SSSR count). The van der Waals surface area contributed by atoms with Gasteiger partial charge in [0.15, 0.2) is 9.84 Å². The molecule has 0 atom stereocenters. The predicted octanol–water partition coefficient (Wildman–Crippen LogP) is 3.54. The number of rotatable bonds is 4. The zero-order valence-electron chi connectivity index (χ0n) is 14.4. The number of methoxy groups -OCH3 is 1. The lowest BCUT2D eigenvalue weighted by Crippen LogP contribution is -2.42. The summed E-state index contributed by atoms with van der Waals surface area (Å²) in [5, 5.41) is -0.456. The fourth-order valence-electron chi connectivity index (χ4n) is 3.14.